The predicted molar refractivity (Wildman–Crippen MR) is 117 cm³/mol. The SMILES string of the molecule is Cc1cc2cc(C3=CC(=O)N4C=C(N5CCNCC5)C=C/C4=C\C=C3)oc2c(C)n1. The summed E-state index contributed by atoms with van der Waals surface area (Å²) in [5.41, 5.74) is 5.22. The lowest BCUT2D eigenvalue weighted by molar-refractivity contribution is -0.122. The number of fused-ring (bicyclic) bond motifs is 2. The topological polar surface area (TPSA) is 61.6 Å². The highest BCUT2D eigenvalue weighted by molar-refractivity contribution is 6.00. The van der Waals surface area contributed by atoms with Crippen LogP contribution in [0.4, 0.5) is 0 Å². The third kappa shape index (κ3) is 3.39. The highest BCUT2D eigenvalue weighted by Gasteiger charge is 2.22. The van der Waals surface area contributed by atoms with Crippen molar-refractivity contribution in [3.05, 3.63) is 83.3 Å². The van der Waals surface area contributed by atoms with E-state index in [1.165, 1.54) is 0 Å². The molecule has 152 valence electrons. The molecule has 0 spiro atoms. The molecule has 0 aliphatic carbocycles. The van der Waals surface area contributed by atoms with Crippen LogP contribution in [0.2, 0.25) is 0 Å². The van der Waals surface area contributed by atoms with Crippen LogP contribution >= 0.6 is 0 Å². The minimum atomic E-state index is -0.0935. The number of aromatic nitrogens is 1. The van der Waals surface area contributed by atoms with Crippen LogP contribution in [0, 0.1) is 13.8 Å². The van der Waals surface area contributed by atoms with Crippen molar-refractivity contribution < 1.29 is 9.21 Å². The number of hydrogen-bond donors (Lipinski definition) is 1. The number of amides is 1. The summed E-state index contributed by atoms with van der Waals surface area (Å²) >= 11 is 0. The Morgan fingerprint density at radius 1 is 1.07 bits per heavy atom. The van der Waals surface area contributed by atoms with Gasteiger partial charge in [-0.3, -0.25) is 14.7 Å². The number of pyridine rings is 1. The third-order valence-corrected chi connectivity index (χ3v) is 5.59. The predicted octanol–water partition coefficient (Wildman–Crippen LogP) is 3.43. The number of carbonyl (C=O) groups excluding carboxylic acids is 1. The van der Waals surface area contributed by atoms with Gasteiger partial charge in [0.15, 0.2) is 5.58 Å². The fourth-order valence-corrected chi connectivity index (χ4v) is 4.10. The smallest absolute Gasteiger partial charge is 0.255 e. The largest absolute Gasteiger partial charge is 0.454 e. The van der Waals surface area contributed by atoms with E-state index in [4.69, 9.17) is 4.42 Å². The molecule has 1 amide bonds. The summed E-state index contributed by atoms with van der Waals surface area (Å²) in [4.78, 5) is 21.6. The van der Waals surface area contributed by atoms with Gasteiger partial charge in [0.25, 0.3) is 5.91 Å². The lowest BCUT2D eigenvalue weighted by Gasteiger charge is -2.33. The van der Waals surface area contributed by atoms with Gasteiger partial charge < -0.3 is 14.6 Å². The van der Waals surface area contributed by atoms with Crippen LogP contribution < -0.4 is 5.32 Å². The summed E-state index contributed by atoms with van der Waals surface area (Å²) in [5, 5.41) is 4.36. The van der Waals surface area contributed by atoms with Gasteiger partial charge in [0.1, 0.15) is 5.76 Å². The van der Waals surface area contributed by atoms with Crippen molar-refractivity contribution in [2.75, 3.05) is 26.2 Å². The quantitative estimate of drug-likeness (QED) is 0.837. The van der Waals surface area contributed by atoms with Crippen LogP contribution in [0.3, 0.4) is 0 Å². The standard InChI is InChI=1S/C24H24N4O2/c1-16-12-19-13-22(30-24(19)17(2)26-16)18-4-3-5-20-6-7-21(15-28(20)23(29)14-18)27-10-8-25-9-11-27/h3-7,12-15,25H,8-11H2,1-2H3/b4-3?,18-14?,20-5+. The molecular formula is C24H24N4O2. The lowest BCUT2D eigenvalue weighted by Crippen LogP contribution is -2.43. The van der Waals surface area contributed by atoms with Gasteiger partial charge in [0.2, 0.25) is 0 Å². The number of aryl methyl sites for hydroxylation is 2. The van der Waals surface area contributed by atoms with Crippen LogP contribution in [-0.4, -0.2) is 46.9 Å². The zero-order valence-corrected chi connectivity index (χ0v) is 17.2. The Balaban J connectivity index is 1.50. The Labute approximate surface area is 175 Å². The maximum atomic E-state index is 13.2. The second-order valence-corrected chi connectivity index (χ2v) is 7.76. The zero-order valence-electron chi connectivity index (χ0n) is 17.2. The van der Waals surface area contributed by atoms with E-state index in [2.05, 4.69) is 21.3 Å². The van der Waals surface area contributed by atoms with Crippen molar-refractivity contribution >= 4 is 22.4 Å². The first-order valence-electron chi connectivity index (χ1n) is 10.3. The number of nitrogens with zero attached hydrogens (tertiary/aromatic N) is 3. The molecule has 0 aromatic carbocycles. The van der Waals surface area contributed by atoms with E-state index in [9.17, 15) is 4.79 Å². The number of nitrogens with one attached hydrogen (secondary N) is 1. The molecule has 6 nitrogen and oxygen atoms in total. The Kier molecular flexibility index (Phi) is 4.64. The summed E-state index contributed by atoms with van der Waals surface area (Å²) in [5.74, 6) is 0.574. The van der Waals surface area contributed by atoms with Crippen molar-refractivity contribution in [1.82, 2.24) is 20.1 Å². The van der Waals surface area contributed by atoms with Crippen LogP contribution in [0.1, 0.15) is 17.1 Å². The normalized spacial score (nSPS) is 21.0. The highest BCUT2D eigenvalue weighted by atomic mass is 16.3. The molecule has 0 saturated carbocycles. The van der Waals surface area contributed by atoms with Gasteiger partial charge in [0.05, 0.1) is 11.4 Å². The monoisotopic (exact) mass is 400 g/mol. The molecule has 0 radical (unpaired) electrons. The molecule has 0 atom stereocenters. The van der Waals surface area contributed by atoms with Gasteiger partial charge >= 0.3 is 0 Å². The van der Waals surface area contributed by atoms with E-state index in [0.717, 1.165) is 65.5 Å². The second-order valence-electron chi connectivity index (χ2n) is 7.76. The summed E-state index contributed by atoms with van der Waals surface area (Å²) < 4.78 is 6.07. The van der Waals surface area contributed by atoms with Crippen molar-refractivity contribution in [2.24, 2.45) is 0 Å². The summed E-state index contributed by atoms with van der Waals surface area (Å²) in [7, 11) is 0. The van der Waals surface area contributed by atoms with E-state index >= 15 is 0 Å². The molecule has 0 unspecified atom stereocenters. The molecular weight excluding hydrogens is 376 g/mol. The number of furan rings is 1. The molecule has 1 saturated heterocycles. The number of allylic oxidation sites excluding steroid dienone is 6. The molecule has 5 heterocycles. The molecule has 1 N–H and O–H groups in total. The second kappa shape index (κ2) is 7.46. The van der Waals surface area contributed by atoms with Gasteiger partial charge in [-0.25, -0.2) is 0 Å². The first-order valence-corrected chi connectivity index (χ1v) is 10.3. The van der Waals surface area contributed by atoms with Crippen LogP contribution in [0.25, 0.3) is 16.5 Å². The maximum absolute atomic E-state index is 13.2. The fraction of sp³-hybridized carbons (Fsp3) is 0.250. The van der Waals surface area contributed by atoms with E-state index < -0.39 is 0 Å². The first kappa shape index (κ1) is 18.6. The fourth-order valence-electron chi connectivity index (χ4n) is 4.10. The van der Waals surface area contributed by atoms with E-state index in [0.29, 0.717) is 5.76 Å². The van der Waals surface area contributed by atoms with E-state index in [-0.39, 0.29) is 5.91 Å². The molecule has 1 fully saturated rings. The van der Waals surface area contributed by atoms with Crippen LogP contribution in [0.15, 0.2) is 70.6 Å². The summed E-state index contributed by atoms with van der Waals surface area (Å²) in [6, 6.07) is 3.98. The van der Waals surface area contributed by atoms with Gasteiger partial charge in [-0.2, -0.15) is 0 Å². The van der Waals surface area contributed by atoms with E-state index in [1.807, 2.05) is 56.5 Å². The Bertz CT molecular complexity index is 1170. The Hall–Kier alpha value is -3.38. The zero-order chi connectivity index (χ0) is 20.7. The highest BCUT2D eigenvalue weighted by Crippen LogP contribution is 2.30. The molecule has 2 aromatic heterocycles. The van der Waals surface area contributed by atoms with Gasteiger partial charge in [-0.1, -0.05) is 12.2 Å². The van der Waals surface area contributed by atoms with Crippen molar-refractivity contribution in [3.8, 4) is 0 Å². The van der Waals surface area contributed by atoms with Gasteiger partial charge in [-0.15, -0.1) is 0 Å². The number of rotatable bonds is 2. The van der Waals surface area contributed by atoms with Crippen LogP contribution in [-0.2, 0) is 4.79 Å². The molecule has 2 aromatic rings. The molecule has 3 aliphatic rings. The van der Waals surface area contributed by atoms with Crippen molar-refractivity contribution in [3.63, 3.8) is 0 Å². The molecule has 6 heteroatoms. The summed E-state index contributed by atoms with van der Waals surface area (Å²) in [6.07, 6.45) is 13.5. The Morgan fingerprint density at radius 3 is 2.70 bits per heavy atom. The molecule has 5 rings (SSSR count). The van der Waals surface area contributed by atoms with Crippen molar-refractivity contribution in [1.29, 1.82) is 0 Å². The minimum Gasteiger partial charge on any atom is -0.454 e. The van der Waals surface area contributed by atoms with Crippen molar-refractivity contribution in [2.45, 2.75) is 13.8 Å². The van der Waals surface area contributed by atoms with E-state index in [1.54, 1.807) is 11.0 Å². The average Bonchev–Trinajstić information content (AvgIpc) is 3.16. The molecule has 0 bridgehead atoms. The number of hydrogen-bond acceptors (Lipinski definition) is 5. The molecule has 3 aliphatic heterocycles. The summed E-state index contributed by atoms with van der Waals surface area (Å²) in [6.45, 7) is 7.68. The average molecular weight is 400 g/mol. The number of piperazine rings is 1. The minimum absolute atomic E-state index is 0.0935. The Morgan fingerprint density at radius 2 is 1.87 bits per heavy atom. The lowest BCUT2D eigenvalue weighted by atomic mass is 10.1. The first-order chi connectivity index (χ1) is 14.6. The third-order valence-electron chi connectivity index (χ3n) is 5.59. The molecule has 30 heavy (non-hydrogen) atoms. The number of carbonyl (C=O) groups is 1. The van der Waals surface area contributed by atoms with Crippen LogP contribution in [0.5, 0.6) is 0 Å². The maximum Gasteiger partial charge on any atom is 0.255 e. The van der Waals surface area contributed by atoms with Gasteiger partial charge in [0, 0.05) is 60.8 Å². The van der Waals surface area contributed by atoms with Gasteiger partial charge in [-0.05, 0) is 44.2 Å².